The summed E-state index contributed by atoms with van der Waals surface area (Å²) >= 11 is 0. The number of allylic oxidation sites excluding steroid dienone is 1. The average Bonchev–Trinajstić information content (AvgIpc) is 3.15. The van der Waals surface area contributed by atoms with Crippen molar-refractivity contribution in [2.45, 2.75) is 13.8 Å². The zero-order chi connectivity index (χ0) is 17.1. The molecule has 3 heterocycles. The summed E-state index contributed by atoms with van der Waals surface area (Å²) in [5.74, 6) is 0.775. The molecule has 1 amide bonds. The monoisotopic (exact) mass is 325 g/mol. The summed E-state index contributed by atoms with van der Waals surface area (Å²) in [6.07, 6.45) is 4.53. The normalized spacial score (nSPS) is 11.1. The van der Waals surface area contributed by atoms with Crippen molar-refractivity contribution in [3.63, 3.8) is 0 Å². The van der Waals surface area contributed by atoms with Crippen molar-refractivity contribution >= 4 is 11.7 Å². The van der Waals surface area contributed by atoms with E-state index in [-0.39, 0.29) is 17.4 Å². The number of hydrogen-bond acceptors (Lipinski definition) is 5. The standard InChI is InChI=1S/C16H15N5O3/c1-3-5-14(22)18-13-9-11(12-6-4-7-24-12)20-21(13)16-17-10(2)8-15(23)19-16/h3-9H,1-2H3,(H,18,22)(H,17,19,23)/b5-3+. The highest BCUT2D eigenvalue weighted by atomic mass is 16.3. The van der Waals surface area contributed by atoms with Gasteiger partial charge in [0.25, 0.3) is 5.56 Å². The Kier molecular flexibility index (Phi) is 4.11. The molecule has 2 N–H and O–H groups in total. The fraction of sp³-hybridized carbons (Fsp3) is 0.125. The van der Waals surface area contributed by atoms with Crippen LogP contribution < -0.4 is 10.9 Å². The highest BCUT2D eigenvalue weighted by Gasteiger charge is 2.16. The van der Waals surface area contributed by atoms with E-state index in [4.69, 9.17) is 4.42 Å². The number of rotatable bonds is 4. The van der Waals surface area contributed by atoms with E-state index in [9.17, 15) is 9.59 Å². The topological polar surface area (TPSA) is 106 Å². The Bertz CT molecular complexity index is 951. The molecule has 0 aliphatic carbocycles. The van der Waals surface area contributed by atoms with Crippen molar-refractivity contribution in [3.05, 3.63) is 58.7 Å². The minimum absolute atomic E-state index is 0.202. The van der Waals surface area contributed by atoms with Gasteiger partial charge in [-0.3, -0.25) is 14.6 Å². The maximum Gasteiger partial charge on any atom is 0.252 e. The molecule has 122 valence electrons. The molecule has 0 unspecified atom stereocenters. The number of carbonyl (C=O) groups is 1. The molecule has 0 bridgehead atoms. The molecular formula is C16H15N5O3. The van der Waals surface area contributed by atoms with E-state index in [0.29, 0.717) is 23.0 Å². The Morgan fingerprint density at radius 2 is 2.25 bits per heavy atom. The third-order valence-electron chi connectivity index (χ3n) is 3.11. The van der Waals surface area contributed by atoms with E-state index in [1.54, 1.807) is 38.1 Å². The Balaban J connectivity index is 2.11. The largest absolute Gasteiger partial charge is 0.463 e. The maximum absolute atomic E-state index is 11.9. The molecule has 0 radical (unpaired) electrons. The van der Waals surface area contributed by atoms with Crippen LogP contribution in [0.15, 0.2) is 51.9 Å². The van der Waals surface area contributed by atoms with Gasteiger partial charge in [0.15, 0.2) is 5.76 Å². The van der Waals surface area contributed by atoms with E-state index in [1.165, 1.54) is 23.1 Å². The lowest BCUT2D eigenvalue weighted by Gasteiger charge is -2.06. The number of furan rings is 1. The number of aromatic nitrogens is 4. The summed E-state index contributed by atoms with van der Waals surface area (Å²) in [6.45, 7) is 3.44. The van der Waals surface area contributed by atoms with Crippen LogP contribution in [0.4, 0.5) is 5.82 Å². The summed E-state index contributed by atoms with van der Waals surface area (Å²) in [5.41, 5.74) is 0.729. The molecular weight excluding hydrogens is 310 g/mol. The number of H-pyrrole nitrogens is 1. The first-order valence-electron chi connectivity index (χ1n) is 7.23. The van der Waals surface area contributed by atoms with Crippen LogP contribution >= 0.6 is 0 Å². The van der Waals surface area contributed by atoms with Gasteiger partial charge in [-0.1, -0.05) is 6.08 Å². The number of anilines is 1. The van der Waals surface area contributed by atoms with Crippen molar-refractivity contribution in [1.29, 1.82) is 0 Å². The van der Waals surface area contributed by atoms with Gasteiger partial charge in [-0.25, -0.2) is 4.98 Å². The molecule has 0 aliphatic heterocycles. The number of aryl methyl sites for hydroxylation is 1. The number of amides is 1. The van der Waals surface area contributed by atoms with Crippen LogP contribution in [0.2, 0.25) is 0 Å². The zero-order valence-corrected chi connectivity index (χ0v) is 13.1. The van der Waals surface area contributed by atoms with E-state index in [0.717, 1.165) is 0 Å². The first-order valence-corrected chi connectivity index (χ1v) is 7.23. The third-order valence-corrected chi connectivity index (χ3v) is 3.11. The molecule has 8 heteroatoms. The highest BCUT2D eigenvalue weighted by molar-refractivity contribution is 5.99. The summed E-state index contributed by atoms with van der Waals surface area (Å²) < 4.78 is 6.68. The van der Waals surface area contributed by atoms with Gasteiger partial charge in [0.1, 0.15) is 11.5 Å². The van der Waals surface area contributed by atoms with Crippen LogP contribution in [-0.4, -0.2) is 25.7 Å². The lowest BCUT2D eigenvalue weighted by molar-refractivity contribution is -0.111. The molecule has 0 fully saturated rings. The lowest BCUT2D eigenvalue weighted by atomic mass is 10.3. The second-order valence-electron chi connectivity index (χ2n) is 5.00. The molecule has 0 saturated heterocycles. The molecule has 24 heavy (non-hydrogen) atoms. The van der Waals surface area contributed by atoms with E-state index in [1.807, 2.05) is 0 Å². The Hall–Kier alpha value is -3.42. The van der Waals surface area contributed by atoms with Crippen molar-refractivity contribution in [2.75, 3.05) is 5.32 Å². The van der Waals surface area contributed by atoms with Gasteiger partial charge < -0.3 is 9.73 Å². The molecule has 8 nitrogen and oxygen atoms in total. The van der Waals surface area contributed by atoms with Crippen LogP contribution in [-0.2, 0) is 4.79 Å². The zero-order valence-electron chi connectivity index (χ0n) is 13.1. The predicted octanol–water partition coefficient (Wildman–Crippen LogP) is 2.04. The number of carbonyl (C=O) groups excluding carboxylic acids is 1. The van der Waals surface area contributed by atoms with Gasteiger partial charge >= 0.3 is 0 Å². The second-order valence-corrected chi connectivity index (χ2v) is 5.00. The van der Waals surface area contributed by atoms with Gasteiger partial charge in [-0.15, -0.1) is 0 Å². The summed E-state index contributed by atoms with van der Waals surface area (Å²) in [4.78, 5) is 30.4. The van der Waals surface area contributed by atoms with Gasteiger partial charge in [-0.2, -0.15) is 9.78 Å². The SMILES string of the molecule is C/C=C/C(=O)Nc1cc(-c2ccco2)nn1-c1nc(C)cc(=O)[nH]1. The van der Waals surface area contributed by atoms with Crippen LogP contribution in [0.3, 0.4) is 0 Å². The highest BCUT2D eigenvalue weighted by Crippen LogP contribution is 2.23. The van der Waals surface area contributed by atoms with Gasteiger partial charge in [-0.05, 0) is 32.1 Å². The molecule has 3 rings (SSSR count). The summed E-state index contributed by atoms with van der Waals surface area (Å²) in [5, 5.41) is 7.07. The quantitative estimate of drug-likeness (QED) is 0.714. The molecule has 0 aromatic carbocycles. The fourth-order valence-corrected chi connectivity index (χ4v) is 2.16. The Morgan fingerprint density at radius 3 is 2.92 bits per heavy atom. The molecule has 0 atom stereocenters. The number of nitrogens with one attached hydrogen (secondary N) is 2. The minimum atomic E-state index is -0.320. The molecule has 3 aromatic heterocycles. The Morgan fingerprint density at radius 1 is 1.42 bits per heavy atom. The van der Waals surface area contributed by atoms with Crippen molar-refractivity contribution in [2.24, 2.45) is 0 Å². The van der Waals surface area contributed by atoms with Crippen LogP contribution in [0, 0.1) is 6.92 Å². The van der Waals surface area contributed by atoms with E-state index in [2.05, 4.69) is 20.4 Å². The molecule has 0 saturated carbocycles. The van der Waals surface area contributed by atoms with E-state index >= 15 is 0 Å². The second kappa shape index (κ2) is 6.37. The maximum atomic E-state index is 11.9. The first kappa shape index (κ1) is 15.5. The van der Waals surface area contributed by atoms with Gasteiger partial charge in [0.05, 0.1) is 6.26 Å². The summed E-state index contributed by atoms with van der Waals surface area (Å²) in [7, 11) is 0. The van der Waals surface area contributed by atoms with Crippen molar-refractivity contribution in [3.8, 4) is 17.4 Å². The average molecular weight is 325 g/mol. The van der Waals surface area contributed by atoms with Crippen LogP contribution in [0.1, 0.15) is 12.6 Å². The van der Waals surface area contributed by atoms with Gasteiger partial charge in [0, 0.05) is 17.8 Å². The summed E-state index contributed by atoms with van der Waals surface area (Å²) in [6, 6.07) is 6.50. The molecule has 3 aromatic rings. The smallest absolute Gasteiger partial charge is 0.252 e. The molecule has 0 spiro atoms. The van der Waals surface area contributed by atoms with Crippen molar-refractivity contribution in [1.82, 2.24) is 19.7 Å². The van der Waals surface area contributed by atoms with Crippen LogP contribution in [0.5, 0.6) is 0 Å². The van der Waals surface area contributed by atoms with E-state index < -0.39 is 0 Å². The first-order chi connectivity index (χ1) is 11.6. The predicted molar refractivity (Wildman–Crippen MR) is 87.9 cm³/mol. The number of aromatic amines is 1. The van der Waals surface area contributed by atoms with Gasteiger partial charge in [0.2, 0.25) is 11.9 Å². The lowest BCUT2D eigenvalue weighted by Crippen LogP contribution is -2.17. The minimum Gasteiger partial charge on any atom is -0.463 e. The number of hydrogen-bond donors (Lipinski definition) is 2. The van der Waals surface area contributed by atoms with Crippen molar-refractivity contribution < 1.29 is 9.21 Å². The molecule has 0 aliphatic rings. The van der Waals surface area contributed by atoms with Crippen LogP contribution in [0.25, 0.3) is 17.4 Å². The number of nitrogens with zero attached hydrogens (tertiary/aromatic N) is 3. The Labute approximate surface area is 136 Å². The fourth-order valence-electron chi connectivity index (χ4n) is 2.16. The third kappa shape index (κ3) is 3.17.